The Bertz CT molecular complexity index is 1070. The molecule has 0 aliphatic carbocycles. The number of carbonyl (C=O) groups excluding carboxylic acids is 1. The summed E-state index contributed by atoms with van der Waals surface area (Å²) in [5.74, 6) is -1.14. The Kier molecular flexibility index (Phi) is 6.85. The standard InChI is InChI=1S/C19H13BrN2O6S2/c20-13-3-6-15(28-10-11-1-4-14(5-2-11)22(26)27)12(7-13)8-16-18(25)21(9-17(23)24)19(29)30-16/h1-8H,9-10H2,(H,23,24)/b16-8+. The lowest BCUT2D eigenvalue weighted by molar-refractivity contribution is -0.384. The SMILES string of the molecule is O=C(O)CN1C(=O)/C(=C\c2cc(Br)ccc2OCc2ccc([N+](=O)[O-])cc2)SC1=S. The number of ether oxygens (including phenoxy) is 1. The highest BCUT2D eigenvalue weighted by molar-refractivity contribution is 9.10. The van der Waals surface area contributed by atoms with E-state index in [2.05, 4.69) is 15.9 Å². The van der Waals surface area contributed by atoms with E-state index in [9.17, 15) is 19.7 Å². The number of nitrogens with zero attached hydrogens (tertiary/aromatic N) is 2. The summed E-state index contributed by atoms with van der Waals surface area (Å²) < 4.78 is 6.79. The van der Waals surface area contributed by atoms with Crippen LogP contribution >= 0.6 is 39.9 Å². The molecule has 1 saturated heterocycles. The Morgan fingerprint density at radius 2 is 2.00 bits per heavy atom. The van der Waals surface area contributed by atoms with Crippen molar-refractivity contribution < 1.29 is 24.4 Å². The summed E-state index contributed by atoms with van der Waals surface area (Å²) in [4.78, 5) is 35.0. The average Bonchev–Trinajstić information content (AvgIpc) is 2.94. The smallest absolute Gasteiger partial charge is 0.323 e. The summed E-state index contributed by atoms with van der Waals surface area (Å²) in [6, 6.07) is 11.3. The van der Waals surface area contributed by atoms with E-state index >= 15 is 0 Å². The van der Waals surface area contributed by atoms with E-state index in [4.69, 9.17) is 22.1 Å². The van der Waals surface area contributed by atoms with Crippen LogP contribution in [0.25, 0.3) is 6.08 Å². The number of aliphatic carboxylic acids is 1. The molecule has 0 bridgehead atoms. The van der Waals surface area contributed by atoms with Crippen LogP contribution in [0.5, 0.6) is 5.75 Å². The number of thiocarbonyl (C=S) groups is 1. The van der Waals surface area contributed by atoms with Crippen molar-refractivity contribution >= 4 is 67.9 Å². The first kappa shape index (κ1) is 21.9. The molecule has 0 aromatic heterocycles. The number of hydrogen-bond acceptors (Lipinski definition) is 7. The molecule has 1 amide bonds. The van der Waals surface area contributed by atoms with Gasteiger partial charge in [0.25, 0.3) is 11.6 Å². The van der Waals surface area contributed by atoms with Gasteiger partial charge in [0, 0.05) is 22.2 Å². The molecule has 1 heterocycles. The number of carbonyl (C=O) groups is 2. The number of nitro benzene ring substituents is 1. The molecule has 11 heteroatoms. The first-order chi connectivity index (χ1) is 14.2. The van der Waals surface area contributed by atoms with Crippen LogP contribution in [0.2, 0.25) is 0 Å². The molecule has 1 N–H and O–H groups in total. The zero-order valence-electron chi connectivity index (χ0n) is 15.1. The molecule has 154 valence electrons. The number of nitro groups is 1. The summed E-state index contributed by atoms with van der Waals surface area (Å²) in [6.45, 7) is -0.329. The summed E-state index contributed by atoms with van der Waals surface area (Å²) in [7, 11) is 0. The Hall–Kier alpha value is -2.76. The van der Waals surface area contributed by atoms with Gasteiger partial charge in [-0.25, -0.2) is 0 Å². The van der Waals surface area contributed by atoms with Gasteiger partial charge in [0.1, 0.15) is 23.2 Å². The largest absolute Gasteiger partial charge is 0.488 e. The van der Waals surface area contributed by atoms with Gasteiger partial charge in [-0.3, -0.25) is 24.6 Å². The van der Waals surface area contributed by atoms with Crippen molar-refractivity contribution in [2.24, 2.45) is 0 Å². The predicted octanol–water partition coefficient (Wildman–Crippen LogP) is 4.22. The van der Waals surface area contributed by atoms with Crippen LogP contribution in [0.3, 0.4) is 0 Å². The molecule has 2 aromatic carbocycles. The van der Waals surface area contributed by atoms with Crippen molar-refractivity contribution in [1.29, 1.82) is 0 Å². The Morgan fingerprint density at radius 3 is 2.63 bits per heavy atom. The van der Waals surface area contributed by atoms with Crippen LogP contribution in [-0.4, -0.2) is 37.7 Å². The van der Waals surface area contributed by atoms with E-state index in [0.717, 1.165) is 26.7 Å². The van der Waals surface area contributed by atoms with Crippen molar-refractivity contribution in [3.05, 3.63) is 73.1 Å². The third kappa shape index (κ3) is 5.23. The number of amides is 1. The quantitative estimate of drug-likeness (QED) is 0.256. The van der Waals surface area contributed by atoms with Crippen molar-refractivity contribution in [1.82, 2.24) is 4.90 Å². The Labute approximate surface area is 188 Å². The number of halogens is 1. The van der Waals surface area contributed by atoms with Gasteiger partial charge in [0.05, 0.1) is 9.83 Å². The molecule has 0 radical (unpaired) electrons. The minimum atomic E-state index is -1.15. The summed E-state index contributed by atoms with van der Waals surface area (Å²) >= 11 is 9.51. The Morgan fingerprint density at radius 1 is 1.30 bits per heavy atom. The molecule has 8 nitrogen and oxygen atoms in total. The minimum absolute atomic E-state index is 0.00790. The van der Waals surface area contributed by atoms with Gasteiger partial charge in [-0.1, -0.05) is 39.9 Å². The normalized spacial score (nSPS) is 15.0. The summed E-state index contributed by atoms with van der Waals surface area (Å²) in [5, 5.41) is 19.7. The number of carboxylic acids is 1. The molecule has 0 spiro atoms. The fraction of sp³-hybridized carbons (Fsp3) is 0.105. The van der Waals surface area contributed by atoms with Gasteiger partial charge >= 0.3 is 5.97 Å². The summed E-state index contributed by atoms with van der Waals surface area (Å²) in [6.07, 6.45) is 1.59. The zero-order valence-corrected chi connectivity index (χ0v) is 18.3. The van der Waals surface area contributed by atoms with Crippen molar-refractivity contribution in [2.45, 2.75) is 6.61 Å². The number of benzene rings is 2. The monoisotopic (exact) mass is 508 g/mol. The van der Waals surface area contributed by atoms with Gasteiger partial charge < -0.3 is 9.84 Å². The highest BCUT2D eigenvalue weighted by Crippen LogP contribution is 2.35. The number of carboxylic acid groups (broad SMARTS) is 1. The van der Waals surface area contributed by atoms with E-state index < -0.39 is 23.3 Å². The minimum Gasteiger partial charge on any atom is -0.488 e. The van der Waals surface area contributed by atoms with Crippen LogP contribution in [0.4, 0.5) is 5.69 Å². The maximum absolute atomic E-state index is 12.5. The van der Waals surface area contributed by atoms with Crippen molar-refractivity contribution in [3.8, 4) is 5.75 Å². The van der Waals surface area contributed by atoms with Crippen LogP contribution in [0, 0.1) is 10.1 Å². The highest BCUT2D eigenvalue weighted by Gasteiger charge is 2.33. The predicted molar refractivity (Wildman–Crippen MR) is 119 cm³/mol. The third-order valence-corrected chi connectivity index (χ3v) is 5.84. The van der Waals surface area contributed by atoms with Crippen LogP contribution < -0.4 is 4.74 Å². The van der Waals surface area contributed by atoms with Gasteiger partial charge in [-0.2, -0.15) is 0 Å². The van der Waals surface area contributed by atoms with E-state index in [1.807, 2.05) is 0 Å². The second-order valence-electron chi connectivity index (χ2n) is 6.06. The molecule has 3 rings (SSSR count). The molecule has 1 aliphatic rings. The maximum Gasteiger partial charge on any atom is 0.323 e. The van der Waals surface area contributed by atoms with E-state index in [0.29, 0.717) is 16.2 Å². The number of hydrogen-bond donors (Lipinski definition) is 1. The second kappa shape index (κ2) is 9.37. The van der Waals surface area contributed by atoms with Crippen LogP contribution in [0.1, 0.15) is 11.1 Å². The van der Waals surface area contributed by atoms with Gasteiger partial charge in [-0.05, 0) is 42.0 Å². The van der Waals surface area contributed by atoms with Crippen molar-refractivity contribution in [2.75, 3.05) is 6.54 Å². The maximum atomic E-state index is 12.5. The Balaban J connectivity index is 1.81. The summed E-state index contributed by atoms with van der Waals surface area (Å²) in [5.41, 5.74) is 1.33. The fourth-order valence-corrected chi connectivity index (χ4v) is 4.18. The van der Waals surface area contributed by atoms with Gasteiger partial charge in [0.15, 0.2) is 0 Å². The topological polar surface area (TPSA) is 110 Å². The van der Waals surface area contributed by atoms with Crippen molar-refractivity contribution in [3.63, 3.8) is 0 Å². The molecule has 2 aromatic rings. The number of rotatable bonds is 7. The fourth-order valence-electron chi connectivity index (χ4n) is 2.55. The molecular weight excluding hydrogens is 496 g/mol. The molecule has 1 aliphatic heterocycles. The first-order valence-corrected chi connectivity index (χ1v) is 10.4. The lowest BCUT2D eigenvalue weighted by Gasteiger charge is -2.11. The second-order valence-corrected chi connectivity index (χ2v) is 8.65. The molecule has 0 unspecified atom stereocenters. The average molecular weight is 509 g/mol. The number of non-ortho nitro benzene ring substituents is 1. The van der Waals surface area contributed by atoms with Gasteiger partial charge in [0.2, 0.25) is 0 Å². The van der Waals surface area contributed by atoms with E-state index in [1.165, 1.54) is 12.1 Å². The lowest BCUT2D eigenvalue weighted by atomic mass is 10.1. The number of thioether (sulfide) groups is 1. The van der Waals surface area contributed by atoms with Crippen LogP contribution in [0.15, 0.2) is 51.8 Å². The van der Waals surface area contributed by atoms with E-state index in [-0.39, 0.29) is 16.6 Å². The molecular formula is C19H13BrN2O6S2. The zero-order chi connectivity index (χ0) is 21.8. The van der Waals surface area contributed by atoms with Gasteiger partial charge in [-0.15, -0.1) is 0 Å². The highest BCUT2D eigenvalue weighted by atomic mass is 79.9. The van der Waals surface area contributed by atoms with E-state index in [1.54, 1.807) is 36.4 Å². The molecule has 0 saturated carbocycles. The van der Waals surface area contributed by atoms with Crippen LogP contribution in [-0.2, 0) is 16.2 Å². The molecule has 1 fully saturated rings. The molecule has 30 heavy (non-hydrogen) atoms. The molecule has 0 atom stereocenters. The first-order valence-electron chi connectivity index (χ1n) is 8.37. The third-order valence-electron chi connectivity index (χ3n) is 3.97. The lowest BCUT2D eigenvalue weighted by Crippen LogP contribution is -2.33.